The van der Waals surface area contributed by atoms with E-state index in [1.807, 2.05) is 13.8 Å². The highest BCUT2D eigenvalue weighted by molar-refractivity contribution is 6.07. The van der Waals surface area contributed by atoms with Crippen molar-refractivity contribution in [3.8, 4) is 0 Å². The summed E-state index contributed by atoms with van der Waals surface area (Å²) in [6.45, 7) is 5.54. The first kappa shape index (κ1) is 15.4. The number of carbonyl (C=O) groups is 2. The predicted octanol–water partition coefficient (Wildman–Crippen LogP) is 2.03. The molecular weight excluding hydrogens is 242 g/mol. The summed E-state index contributed by atoms with van der Waals surface area (Å²) in [7, 11) is 0. The molecule has 19 heavy (non-hydrogen) atoms. The van der Waals surface area contributed by atoms with E-state index >= 15 is 0 Å². The quantitative estimate of drug-likeness (QED) is 0.772. The lowest BCUT2D eigenvalue weighted by atomic mass is 10.0. The molecule has 4 nitrogen and oxygen atoms in total. The highest BCUT2D eigenvalue weighted by atomic mass is 16.3. The largest absolute Gasteiger partial charge is 0.391 e. The number of aliphatic hydroxyl groups excluding tert-OH is 1. The first-order valence-corrected chi connectivity index (χ1v) is 6.53. The van der Waals surface area contributed by atoms with Crippen LogP contribution in [0.5, 0.6) is 0 Å². The maximum Gasteiger partial charge on any atom is 0.252 e. The molecule has 0 aliphatic carbocycles. The van der Waals surface area contributed by atoms with Gasteiger partial charge in [0.25, 0.3) is 5.91 Å². The molecule has 2 atom stereocenters. The normalized spacial score (nSPS) is 13.7. The maximum absolute atomic E-state index is 12.0. The second-order valence-corrected chi connectivity index (χ2v) is 4.76. The van der Waals surface area contributed by atoms with E-state index in [0.29, 0.717) is 11.1 Å². The summed E-state index contributed by atoms with van der Waals surface area (Å²) in [5.74, 6) is -0.343. The van der Waals surface area contributed by atoms with Gasteiger partial charge in [-0.3, -0.25) is 9.59 Å². The molecule has 0 aliphatic heterocycles. The van der Waals surface area contributed by atoms with Crippen LogP contribution in [0.2, 0.25) is 0 Å². The molecule has 0 bridgehead atoms. The zero-order valence-corrected chi connectivity index (χ0v) is 11.6. The lowest BCUT2D eigenvalue weighted by molar-refractivity contribution is 0.0845. The Morgan fingerprint density at radius 2 is 1.84 bits per heavy atom. The van der Waals surface area contributed by atoms with Crippen molar-refractivity contribution in [2.24, 2.45) is 5.92 Å². The summed E-state index contributed by atoms with van der Waals surface area (Å²) in [6, 6.07) is 6.68. The molecule has 0 radical (unpaired) electrons. The van der Waals surface area contributed by atoms with Gasteiger partial charge in [-0.05, 0) is 18.9 Å². The van der Waals surface area contributed by atoms with Crippen LogP contribution >= 0.6 is 0 Å². The van der Waals surface area contributed by atoms with Crippen LogP contribution in [0.4, 0.5) is 0 Å². The van der Waals surface area contributed by atoms with Gasteiger partial charge in [0.1, 0.15) is 0 Å². The third-order valence-corrected chi connectivity index (χ3v) is 3.32. The number of rotatable bonds is 6. The fourth-order valence-corrected chi connectivity index (χ4v) is 1.75. The minimum absolute atomic E-state index is 0.128. The van der Waals surface area contributed by atoms with Crippen LogP contribution in [0.1, 0.15) is 47.9 Å². The van der Waals surface area contributed by atoms with Crippen LogP contribution in [0.25, 0.3) is 0 Å². The van der Waals surface area contributed by atoms with E-state index in [1.54, 1.807) is 24.3 Å². The van der Waals surface area contributed by atoms with Crippen molar-refractivity contribution >= 4 is 11.7 Å². The second kappa shape index (κ2) is 7.04. The minimum atomic E-state index is -0.571. The van der Waals surface area contributed by atoms with Gasteiger partial charge in [0.05, 0.1) is 11.7 Å². The standard InChI is InChI=1S/C15H21NO3/c1-4-10(2)14(18)9-16-15(19)13-8-6-5-7-12(13)11(3)17/h5-8,10,14,18H,4,9H2,1-3H3,(H,16,19). The van der Waals surface area contributed by atoms with E-state index in [0.717, 1.165) is 6.42 Å². The van der Waals surface area contributed by atoms with Gasteiger partial charge in [0.15, 0.2) is 5.78 Å². The molecule has 0 fully saturated rings. The number of carbonyl (C=O) groups excluding carboxylic acids is 2. The van der Waals surface area contributed by atoms with Crippen molar-refractivity contribution < 1.29 is 14.7 Å². The average molecular weight is 263 g/mol. The molecule has 0 saturated heterocycles. The summed E-state index contributed by atoms with van der Waals surface area (Å²) in [5.41, 5.74) is 0.754. The summed E-state index contributed by atoms with van der Waals surface area (Å²) < 4.78 is 0. The average Bonchev–Trinajstić information content (AvgIpc) is 2.43. The van der Waals surface area contributed by atoms with Gasteiger partial charge in [-0.15, -0.1) is 0 Å². The highest BCUT2D eigenvalue weighted by Gasteiger charge is 2.16. The number of benzene rings is 1. The number of aliphatic hydroxyl groups is 1. The van der Waals surface area contributed by atoms with E-state index < -0.39 is 6.10 Å². The predicted molar refractivity (Wildman–Crippen MR) is 74.2 cm³/mol. The van der Waals surface area contributed by atoms with Crippen molar-refractivity contribution in [1.82, 2.24) is 5.32 Å². The molecular formula is C15H21NO3. The van der Waals surface area contributed by atoms with Crippen LogP contribution in [0.15, 0.2) is 24.3 Å². The molecule has 1 aromatic rings. The van der Waals surface area contributed by atoms with Gasteiger partial charge in [-0.1, -0.05) is 38.5 Å². The lowest BCUT2D eigenvalue weighted by Crippen LogP contribution is -2.35. The van der Waals surface area contributed by atoms with Crippen molar-refractivity contribution in [3.05, 3.63) is 35.4 Å². The Bertz CT molecular complexity index is 456. The first-order chi connectivity index (χ1) is 8.97. The zero-order valence-electron chi connectivity index (χ0n) is 11.6. The van der Waals surface area contributed by atoms with Crippen LogP contribution in [-0.2, 0) is 0 Å². The molecule has 0 heterocycles. The number of ketones is 1. The smallest absolute Gasteiger partial charge is 0.252 e. The Labute approximate surface area is 113 Å². The summed E-state index contributed by atoms with van der Waals surface area (Å²) >= 11 is 0. The van der Waals surface area contributed by atoms with Crippen molar-refractivity contribution in [2.45, 2.75) is 33.3 Å². The Morgan fingerprint density at radius 3 is 2.37 bits per heavy atom. The molecule has 1 amide bonds. The third kappa shape index (κ3) is 4.17. The van der Waals surface area contributed by atoms with E-state index in [4.69, 9.17) is 0 Å². The van der Waals surface area contributed by atoms with Crippen LogP contribution < -0.4 is 5.32 Å². The van der Waals surface area contributed by atoms with Crippen molar-refractivity contribution in [3.63, 3.8) is 0 Å². The Hall–Kier alpha value is -1.68. The van der Waals surface area contributed by atoms with E-state index in [9.17, 15) is 14.7 Å². The molecule has 1 rings (SSSR count). The molecule has 0 spiro atoms. The summed E-state index contributed by atoms with van der Waals surface area (Å²) in [6.07, 6.45) is 0.277. The van der Waals surface area contributed by atoms with E-state index in [-0.39, 0.29) is 24.2 Å². The molecule has 2 N–H and O–H groups in total. The van der Waals surface area contributed by atoms with Crippen molar-refractivity contribution in [2.75, 3.05) is 6.54 Å². The van der Waals surface area contributed by atoms with Crippen LogP contribution in [0.3, 0.4) is 0 Å². The minimum Gasteiger partial charge on any atom is -0.391 e. The summed E-state index contributed by atoms with van der Waals surface area (Å²) in [4.78, 5) is 23.4. The van der Waals surface area contributed by atoms with Gasteiger partial charge in [0, 0.05) is 12.1 Å². The molecule has 0 saturated carbocycles. The van der Waals surface area contributed by atoms with Gasteiger partial charge in [-0.25, -0.2) is 0 Å². The topological polar surface area (TPSA) is 66.4 Å². The molecule has 1 aromatic carbocycles. The monoisotopic (exact) mass is 263 g/mol. The third-order valence-electron chi connectivity index (χ3n) is 3.32. The van der Waals surface area contributed by atoms with Gasteiger partial charge >= 0.3 is 0 Å². The number of nitrogens with one attached hydrogen (secondary N) is 1. The van der Waals surface area contributed by atoms with Gasteiger partial charge in [0.2, 0.25) is 0 Å². The van der Waals surface area contributed by atoms with Crippen LogP contribution in [0, 0.1) is 5.92 Å². The van der Waals surface area contributed by atoms with E-state index in [1.165, 1.54) is 6.92 Å². The SMILES string of the molecule is CCC(C)C(O)CNC(=O)c1ccccc1C(C)=O. The summed E-state index contributed by atoms with van der Waals surface area (Å²) in [5, 5.41) is 12.5. The number of amides is 1. The fourth-order valence-electron chi connectivity index (χ4n) is 1.75. The number of Topliss-reactive ketones (excluding diaryl/α,β-unsaturated/α-hetero) is 1. The van der Waals surface area contributed by atoms with Gasteiger partial charge < -0.3 is 10.4 Å². The van der Waals surface area contributed by atoms with Crippen molar-refractivity contribution in [1.29, 1.82) is 0 Å². The lowest BCUT2D eigenvalue weighted by Gasteiger charge is -2.18. The Kier molecular flexibility index (Phi) is 5.70. The van der Waals surface area contributed by atoms with Gasteiger partial charge in [-0.2, -0.15) is 0 Å². The molecule has 0 aromatic heterocycles. The first-order valence-electron chi connectivity index (χ1n) is 6.53. The highest BCUT2D eigenvalue weighted by Crippen LogP contribution is 2.10. The number of hydrogen-bond donors (Lipinski definition) is 2. The Morgan fingerprint density at radius 1 is 1.26 bits per heavy atom. The zero-order chi connectivity index (χ0) is 14.4. The van der Waals surface area contributed by atoms with E-state index in [2.05, 4.69) is 5.32 Å². The fraction of sp³-hybridized carbons (Fsp3) is 0.467. The molecule has 2 unspecified atom stereocenters. The molecule has 4 heteroatoms. The second-order valence-electron chi connectivity index (χ2n) is 4.76. The Balaban J connectivity index is 2.71. The maximum atomic E-state index is 12.0. The molecule has 104 valence electrons. The number of hydrogen-bond acceptors (Lipinski definition) is 3. The van der Waals surface area contributed by atoms with Crippen LogP contribution in [-0.4, -0.2) is 29.4 Å². The molecule has 0 aliphatic rings.